The summed E-state index contributed by atoms with van der Waals surface area (Å²) in [7, 11) is 4.99. The molecule has 0 aliphatic rings. The van der Waals surface area contributed by atoms with Crippen molar-refractivity contribution in [1.29, 1.82) is 0 Å². The van der Waals surface area contributed by atoms with Gasteiger partial charge in [0.05, 0.1) is 20.3 Å². The van der Waals surface area contributed by atoms with Crippen molar-refractivity contribution in [2.75, 3.05) is 27.8 Å². The Morgan fingerprint density at radius 1 is 1.27 bits per heavy atom. The zero-order chi connectivity index (χ0) is 16.7. The average molecular weight is 309 g/mol. The van der Waals surface area contributed by atoms with Gasteiger partial charge in [-0.1, -0.05) is 6.07 Å². The predicted octanol–water partition coefficient (Wildman–Crippen LogP) is 0.762. The second-order valence-electron chi connectivity index (χ2n) is 4.95. The molecule has 7 heteroatoms. The van der Waals surface area contributed by atoms with Crippen molar-refractivity contribution in [2.45, 2.75) is 19.4 Å². The predicted molar refractivity (Wildman–Crippen MR) is 83.1 cm³/mol. The van der Waals surface area contributed by atoms with E-state index in [0.717, 1.165) is 12.0 Å². The number of urea groups is 1. The molecule has 0 aliphatic carbocycles. The largest absolute Gasteiger partial charge is 0.493 e. The van der Waals surface area contributed by atoms with Crippen LogP contribution in [0.1, 0.15) is 12.5 Å². The lowest BCUT2D eigenvalue weighted by molar-refractivity contribution is -0.124. The van der Waals surface area contributed by atoms with E-state index in [1.807, 2.05) is 30.1 Å². The Kier molecular flexibility index (Phi) is 6.65. The van der Waals surface area contributed by atoms with Crippen molar-refractivity contribution >= 4 is 11.9 Å². The molecule has 0 saturated heterocycles. The Morgan fingerprint density at radius 2 is 1.91 bits per heavy atom. The highest BCUT2D eigenvalue weighted by atomic mass is 16.5. The molecule has 3 amide bonds. The summed E-state index contributed by atoms with van der Waals surface area (Å²) in [5, 5.41) is 2.08. The average Bonchev–Trinajstić information content (AvgIpc) is 2.50. The van der Waals surface area contributed by atoms with Gasteiger partial charge < -0.3 is 15.2 Å². The highest BCUT2D eigenvalue weighted by molar-refractivity contribution is 5.96. The van der Waals surface area contributed by atoms with Gasteiger partial charge in [-0.05, 0) is 38.1 Å². The Hall–Kier alpha value is -2.28. The molecule has 1 rings (SSSR count). The molecule has 1 aromatic carbocycles. The molecule has 0 unspecified atom stereocenters. The lowest BCUT2D eigenvalue weighted by Gasteiger charge is -2.23. The van der Waals surface area contributed by atoms with E-state index < -0.39 is 18.0 Å². The first-order chi connectivity index (χ1) is 10.4. The number of methoxy groups -OCH3 is 2. The smallest absolute Gasteiger partial charge is 0.318 e. The number of primary amides is 1. The van der Waals surface area contributed by atoms with E-state index in [0.29, 0.717) is 18.0 Å². The Morgan fingerprint density at radius 3 is 2.45 bits per heavy atom. The minimum Gasteiger partial charge on any atom is -0.493 e. The summed E-state index contributed by atoms with van der Waals surface area (Å²) >= 11 is 0. The monoisotopic (exact) mass is 309 g/mol. The zero-order valence-corrected chi connectivity index (χ0v) is 13.4. The molecule has 0 bridgehead atoms. The Balaban J connectivity index is 2.61. The minimum atomic E-state index is -0.842. The van der Waals surface area contributed by atoms with Crippen LogP contribution in [0.25, 0.3) is 0 Å². The van der Waals surface area contributed by atoms with Gasteiger partial charge >= 0.3 is 6.03 Å². The number of hydrogen-bond donors (Lipinski definition) is 2. The Labute approximate surface area is 130 Å². The van der Waals surface area contributed by atoms with Crippen molar-refractivity contribution in [3.05, 3.63) is 23.8 Å². The van der Waals surface area contributed by atoms with E-state index in [2.05, 4.69) is 5.32 Å². The minimum absolute atomic E-state index is 0.415. The van der Waals surface area contributed by atoms with Gasteiger partial charge in [-0.25, -0.2) is 4.79 Å². The van der Waals surface area contributed by atoms with E-state index >= 15 is 0 Å². The number of nitrogens with one attached hydrogen (secondary N) is 1. The number of rotatable bonds is 7. The van der Waals surface area contributed by atoms with Crippen molar-refractivity contribution in [3.8, 4) is 11.5 Å². The number of likely N-dealkylation sites (N-methyl/N-ethyl adjacent to an activating group) is 1. The molecular formula is C15H23N3O4. The van der Waals surface area contributed by atoms with Crippen LogP contribution in [0.4, 0.5) is 4.79 Å². The molecule has 0 spiro atoms. The van der Waals surface area contributed by atoms with E-state index in [9.17, 15) is 9.59 Å². The summed E-state index contributed by atoms with van der Waals surface area (Å²) < 4.78 is 10.5. The summed E-state index contributed by atoms with van der Waals surface area (Å²) in [6.07, 6.45) is 0.727. The van der Waals surface area contributed by atoms with Crippen LogP contribution in [0.15, 0.2) is 18.2 Å². The number of benzene rings is 1. The first-order valence-corrected chi connectivity index (χ1v) is 6.90. The van der Waals surface area contributed by atoms with Gasteiger partial charge in [-0.15, -0.1) is 0 Å². The van der Waals surface area contributed by atoms with Crippen LogP contribution in [0.2, 0.25) is 0 Å². The van der Waals surface area contributed by atoms with E-state index in [4.69, 9.17) is 15.2 Å². The molecular weight excluding hydrogens is 286 g/mol. The molecule has 22 heavy (non-hydrogen) atoms. The van der Waals surface area contributed by atoms with Crippen LogP contribution in [-0.4, -0.2) is 50.7 Å². The molecule has 0 radical (unpaired) electrons. The highest BCUT2D eigenvalue weighted by Gasteiger charge is 2.19. The third kappa shape index (κ3) is 4.92. The van der Waals surface area contributed by atoms with Crippen LogP contribution < -0.4 is 20.5 Å². The van der Waals surface area contributed by atoms with Crippen molar-refractivity contribution in [3.63, 3.8) is 0 Å². The van der Waals surface area contributed by atoms with Crippen molar-refractivity contribution < 1.29 is 19.1 Å². The van der Waals surface area contributed by atoms with Crippen LogP contribution in [-0.2, 0) is 11.2 Å². The lowest BCUT2D eigenvalue weighted by atomic mass is 10.1. The quantitative estimate of drug-likeness (QED) is 0.775. The van der Waals surface area contributed by atoms with Gasteiger partial charge in [0.15, 0.2) is 11.5 Å². The first-order valence-electron chi connectivity index (χ1n) is 6.90. The van der Waals surface area contributed by atoms with Crippen molar-refractivity contribution in [1.82, 2.24) is 10.2 Å². The number of ether oxygens (including phenoxy) is 2. The van der Waals surface area contributed by atoms with Gasteiger partial charge in [-0.2, -0.15) is 0 Å². The first kappa shape index (κ1) is 17.8. The van der Waals surface area contributed by atoms with Gasteiger partial charge in [0.1, 0.15) is 0 Å². The summed E-state index contributed by atoms with van der Waals surface area (Å²) in [6.45, 7) is 2.36. The summed E-state index contributed by atoms with van der Waals surface area (Å²) in [5.41, 5.74) is 6.00. The van der Waals surface area contributed by atoms with Gasteiger partial charge in [0.2, 0.25) is 5.91 Å². The maximum atomic E-state index is 11.7. The van der Waals surface area contributed by atoms with Crippen molar-refractivity contribution in [2.24, 2.45) is 5.73 Å². The maximum Gasteiger partial charge on any atom is 0.318 e. The molecule has 0 saturated carbocycles. The number of amides is 3. The van der Waals surface area contributed by atoms with Gasteiger partial charge in [0, 0.05) is 6.54 Å². The number of carbonyl (C=O) groups is 2. The number of hydrogen-bond acceptors (Lipinski definition) is 5. The third-order valence-electron chi connectivity index (χ3n) is 3.49. The van der Waals surface area contributed by atoms with Crippen LogP contribution >= 0.6 is 0 Å². The SMILES string of the molecule is COc1ccc(CCN(C)[C@@H](C)C(=O)NC(N)=O)cc1OC. The normalized spacial score (nSPS) is 11.9. The van der Waals surface area contributed by atoms with Gasteiger partial charge in [0.25, 0.3) is 0 Å². The number of nitrogens with two attached hydrogens (primary N) is 1. The molecule has 3 N–H and O–H groups in total. The molecule has 0 heterocycles. The fourth-order valence-corrected chi connectivity index (χ4v) is 1.96. The summed E-state index contributed by atoms with van der Waals surface area (Å²) in [4.78, 5) is 24.2. The van der Waals surface area contributed by atoms with Crippen LogP contribution in [0.3, 0.4) is 0 Å². The lowest BCUT2D eigenvalue weighted by Crippen LogP contribution is -2.47. The van der Waals surface area contributed by atoms with Gasteiger partial charge in [-0.3, -0.25) is 15.0 Å². The second kappa shape index (κ2) is 8.23. The molecule has 0 fully saturated rings. The molecule has 1 aromatic rings. The summed E-state index contributed by atoms with van der Waals surface area (Å²) in [6, 6.07) is 4.40. The maximum absolute atomic E-state index is 11.7. The number of carbonyl (C=O) groups excluding carboxylic acids is 2. The number of nitrogens with zero attached hydrogens (tertiary/aromatic N) is 1. The summed E-state index contributed by atoms with van der Waals surface area (Å²) in [5.74, 6) is 0.929. The molecule has 7 nitrogen and oxygen atoms in total. The zero-order valence-electron chi connectivity index (χ0n) is 13.4. The standard InChI is InChI=1S/C15H23N3O4/c1-10(14(19)17-15(16)20)18(2)8-7-11-5-6-12(21-3)13(9-11)22-4/h5-6,9-10H,7-8H2,1-4H3,(H3,16,17,19,20)/t10-/m0/s1. The van der Waals surface area contributed by atoms with E-state index in [1.54, 1.807) is 21.1 Å². The van der Waals surface area contributed by atoms with E-state index in [-0.39, 0.29) is 0 Å². The Bertz CT molecular complexity index is 534. The molecule has 1 atom stereocenters. The molecule has 0 aliphatic heterocycles. The third-order valence-corrected chi connectivity index (χ3v) is 3.49. The van der Waals surface area contributed by atoms with Crippen LogP contribution in [0.5, 0.6) is 11.5 Å². The topological polar surface area (TPSA) is 93.9 Å². The highest BCUT2D eigenvalue weighted by Crippen LogP contribution is 2.27. The van der Waals surface area contributed by atoms with Crippen LogP contribution in [0, 0.1) is 0 Å². The fraction of sp³-hybridized carbons (Fsp3) is 0.467. The number of imide groups is 1. The van der Waals surface area contributed by atoms with E-state index in [1.165, 1.54) is 0 Å². The molecule has 0 aromatic heterocycles. The molecule has 122 valence electrons. The second-order valence-corrected chi connectivity index (χ2v) is 4.95. The fourth-order valence-electron chi connectivity index (χ4n) is 1.96.